The quantitative estimate of drug-likeness (QED) is 0.124. The molecule has 2 aromatic heterocycles. The van der Waals surface area contributed by atoms with Crippen LogP contribution in [-0.2, 0) is 11.3 Å². The molecule has 3 N–H and O–H groups in total. The molecule has 198 valence electrons. The SMILES string of the molecule is O=C(O)CC(Nc1cc(C(=O)c2ccccc2)cs1)c1ccc(OCCNCc2nc3ccccc3o2)cc1. The van der Waals surface area contributed by atoms with Gasteiger partial charge in [-0.25, -0.2) is 4.98 Å². The number of carboxylic acid groups (broad SMARTS) is 1. The van der Waals surface area contributed by atoms with Gasteiger partial charge >= 0.3 is 5.97 Å². The third-order valence-electron chi connectivity index (χ3n) is 6.04. The molecule has 39 heavy (non-hydrogen) atoms. The molecule has 0 radical (unpaired) electrons. The lowest BCUT2D eigenvalue weighted by Gasteiger charge is -2.18. The zero-order valence-electron chi connectivity index (χ0n) is 21.0. The van der Waals surface area contributed by atoms with Gasteiger partial charge in [0.05, 0.1) is 24.0 Å². The number of aliphatic carboxylic acids is 1. The van der Waals surface area contributed by atoms with E-state index in [2.05, 4.69) is 15.6 Å². The summed E-state index contributed by atoms with van der Waals surface area (Å²) in [6.45, 7) is 1.55. The molecule has 0 aliphatic rings. The summed E-state index contributed by atoms with van der Waals surface area (Å²) in [5, 5.41) is 18.5. The van der Waals surface area contributed by atoms with Gasteiger partial charge in [0, 0.05) is 23.1 Å². The maximum absolute atomic E-state index is 12.7. The number of nitrogens with one attached hydrogen (secondary N) is 2. The van der Waals surface area contributed by atoms with Crippen LogP contribution in [-0.4, -0.2) is 35.0 Å². The van der Waals surface area contributed by atoms with E-state index in [4.69, 9.17) is 9.15 Å². The van der Waals surface area contributed by atoms with Gasteiger partial charge in [0.25, 0.3) is 0 Å². The predicted molar refractivity (Wildman–Crippen MR) is 150 cm³/mol. The van der Waals surface area contributed by atoms with Gasteiger partial charge in [-0.2, -0.15) is 0 Å². The van der Waals surface area contributed by atoms with Crippen molar-refractivity contribution in [3.63, 3.8) is 0 Å². The molecule has 0 amide bonds. The second-order valence-electron chi connectivity index (χ2n) is 8.86. The predicted octanol–water partition coefficient (Wildman–Crippen LogP) is 5.92. The molecule has 2 heterocycles. The lowest BCUT2D eigenvalue weighted by atomic mass is 10.0. The maximum atomic E-state index is 12.7. The Kier molecular flexibility index (Phi) is 8.30. The Labute approximate surface area is 229 Å². The number of thiophene rings is 1. The lowest BCUT2D eigenvalue weighted by molar-refractivity contribution is -0.137. The average Bonchev–Trinajstić information content (AvgIpc) is 3.59. The van der Waals surface area contributed by atoms with E-state index in [1.807, 2.05) is 66.7 Å². The van der Waals surface area contributed by atoms with Crippen molar-refractivity contribution in [3.05, 3.63) is 113 Å². The number of rotatable bonds is 13. The molecule has 0 saturated heterocycles. The van der Waals surface area contributed by atoms with Crippen molar-refractivity contribution in [2.75, 3.05) is 18.5 Å². The van der Waals surface area contributed by atoms with Gasteiger partial charge in [0.15, 0.2) is 11.4 Å². The number of hydrogen-bond acceptors (Lipinski definition) is 8. The van der Waals surface area contributed by atoms with Crippen molar-refractivity contribution < 1.29 is 23.8 Å². The molecule has 0 fully saturated rings. The third kappa shape index (κ3) is 6.90. The van der Waals surface area contributed by atoms with Gasteiger partial charge in [-0.3, -0.25) is 9.59 Å². The van der Waals surface area contributed by atoms with E-state index in [1.54, 1.807) is 23.6 Å². The zero-order valence-corrected chi connectivity index (χ0v) is 21.8. The number of ether oxygens (including phenoxy) is 1. The fourth-order valence-corrected chi connectivity index (χ4v) is 4.95. The molecule has 3 aromatic carbocycles. The number of ketones is 1. The Morgan fingerprint density at radius 1 is 0.974 bits per heavy atom. The number of para-hydroxylation sites is 2. The molecule has 1 unspecified atom stereocenters. The molecule has 0 aliphatic heterocycles. The molecule has 0 aliphatic carbocycles. The zero-order chi connectivity index (χ0) is 27.0. The van der Waals surface area contributed by atoms with Crippen molar-refractivity contribution in [2.24, 2.45) is 0 Å². The number of carbonyl (C=O) groups excluding carboxylic acids is 1. The molecule has 0 spiro atoms. The minimum atomic E-state index is -0.921. The van der Waals surface area contributed by atoms with Crippen LogP contribution in [0.25, 0.3) is 11.1 Å². The van der Waals surface area contributed by atoms with E-state index < -0.39 is 12.0 Å². The van der Waals surface area contributed by atoms with E-state index in [0.717, 1.165) is 21.7 Å². The number of anilines is 1. The highest BCUT2D eigenvalue weighted by atomic mass is 32.1. The Morgan fingerprint density at radius 3 is 2.51 bits per heavy atom. The smallest absolute Gasteiger partial charge is 0.305 e. The number of fused-ring (bicyclic) bond motifs is 1. The van der Waals surface area contributed by atoms with Crippen molar-refractivity contribution >= 4 is 39.2 Å². The Hall–Kier alpha value is -4.47. The maximum Gasteiger partial charge on any atom is 0.305 e. The fourth-order valence-electron chi connectivity index (χ4n) is 4.11. The van der Waals surface area contributed by atoms with E-state index in [9.17, 15) is 14.7 Å². The van der Waals surface area contributed by atoms with E-state index in [1.165, 1.54) is 11.3 Å². The van der Waals surface area contributed by atoms with Gasteiger partial charge in [0.2, 0.25) is 5.89 Å². The number of hydrogen-bond donors (Lipinski definition) is 3. The molecular weight excluding hydrogens is 514 g/mol. The van der Waals surface area contributed by atoms with Crippen LogP contribution < -0.4 is 15.4 Å². The summed E-state index contributed by atoms with van der Waals surface area (Å²) in [6, 6.07) is 25.4. The van der Waals surface area contributed by atoms with Gasteiger partial charge < -0.3 is 24.9 Å². The van der Waals surface area contributed by atoms with Crippen LogP contribution in [0.15, 0.2) is 94.7 Å². The summed E-state index contributed by atoms with van der Waals surface area (Å²) >= 11 is 1.37. The van der Waals surface area contributed by atoms with Crippen LogP contribution in [0.5, 0.6) is 5.75 Å². The first-order valence-corrected chi connectivity index (χ1v) is 13.4. The summed E-state index contributed by atoms with van der Waals surface area (Å²) in [5.41, 5.74) is 3.59. The van der Waals surface area contributed by atoms with Crippen molar-refractivity contribution in [1.82, 2.24) is 10.3 Å². The van der Waals surface area contributed by atoms with Crippen LogP contribution in [0, 0.1) is 0 Å². The van der Waals surface area contributed by atoms with Crippen LogP contribution in [0.3, 0.4) is 0 Å². The van der Waals surface area contributed by atoms with Crippen LogP contribution >= 0.6 is 11.3 Å². The second kappa shape index (κ2) is 12.4. The van der Waals surface area contributed by atoms with E-state index in [0.29, 0.717) is 42.5 Å². The largest absolute Gasteiger partial charge is 0.492 e. The summed E-state index contributed by atoms with van der Waals surface area (Å²) in [5.74, 6) is 0.317. The molecule has 8 nitrogen and oxygen atoms in total. The van der Waals surface area contributed by atoms with Gasteiger partial charge in [-0.05, 0) is 35.9 Å². The van der Waals surface area contributed by atoms with Gasteiger partial charge in [-0.15, -0.1) is 11.3 Å². The fraction of sp³-hybridized carbons (Fsp3) is 0.167. The highest BCUT2D eigenvalue weighted by Gasteiger charge is 2.18. The van der Waals surface area contributed by atoms with Crippen molar-refractivity contribution in [2.45, 2.75) is 19.0 Å². The normalized spacial score (nSPS) is 11.8. The number of aromatic nitrogens is 1. The second-order valence-corrected chi connectivity index (χ2v) is 9.77. The van der Waals surface area contributed by atoms with Crippen molar-refractivity contribution in [3.8, 4) is 5.75 Å². The molecule has 5 rings (SSSR count). The summed E-state index contributed by atoms with van der Waals surface area (Å²) < 4.78 is 11.5. The van der Waals surface area contributed by atoms with E-state index in [-0.39, 0.29) is 12.2 Å². The van der Waals surface area contributed by atoms with Gasteiger partial charge in [-0.1, -0.05) is 54.6 Å². The Bertz CT molecular complexity index is 1510. The lowest BCUT2D eigenvalue weighted by Crippen LogP contribution is -2.20. The first kappa shape index (κ1) is 26.1. The molecule has 5 aromatic rings. The Morgan fingerprint density at radius 2 is 1.74 bits per heavy atom. The molecule has 9 heteroatoms. The minimum Gasteiger partial charge on any atom is -0.492 e. The number of benzene rings is 3. The molecule has 0 saturated carbocycles. The van der Waals surface area contributed by atoms with Crippen LogP contribution in [0.4, 0.5) is 5.00 Å². The standard InChI is InChI=1S/C30H27N3O5S/c34-29(35)17-25(33-28-16-22(19-39-28)30(36)21-6-2-1-3-7-21)20-10-12-23(13-11-20)37-15-14-31-18-27-32-24-8-4-5-9-26(24)38-27/h1-13,16,19,25,31,33H,14-15,17-18H2,(H,34,35). The number of oxazole rings is 1. The number of carboxylic acids is 1. The van der Waals surface area contributed by atoms with Crippen LogP contribution in [0.2, 0.25) is 0 Å². The first-order valence-electron chi connectivity index (χ1n) is 12.5. The van der Waals surface area contributed by atoms with Crippen LogP contribution in [0.1, 0.15) is 39.8 Å². The van der Waals surface area contributed by atoms with Gasteiger partial charge in [0.1, 0.15) is 17.9 Å². The van der Waals surface area contributed by atoms with Crippen molar-refractivity contribution in [1.29, 1.82) is 0 Å². The monoisotopic (exact) mass is 541 g/mol. The highest BCUT2D eigenvalue weighted by molar-refractivity contribution is 7.14. The Balaban J connectivity index is 1.14. The molecular formula is C30H27N3O5S. The third-order valence-corrected chi connectivity index (χ3v) is 6.90. The summed E-state index contributed by atoms with van der Waals surface area (Å²) in [6.07, 6.45) is -0.111. The first-order chi connectivity index (χ1) is 19.0. The number of carbonyl (C=O) groups is 2. The summed E-state index contributed by atoms with van der Waals surface area (Å²) in [4.78, 5) is 28.7. The summed E-state index contributed by atoms with van der Waals surface area (Å²) in [7, 11) is 0. The molecule has 1 atom stereocenters. The number of nitrogens with zero attached hydrogens (tertiary/aromatic N) is 1. The van der Waals surface area contributed by atoms with E-state index >= 15 is 0 Å². The highest BCUT2D eigenvalue weighted by Crippen LogP contribution is 2.29. The average molecular weight is 542 g/mol. The minimum absolute atomic E-state index is 0.0699. The topological polar surface area (TPSA) is 114 Å². The molecule has 0 bridgehead atoms.